The molecule has 1 heterocycles. The molecule has 2 N–H and O–H groups in total. The lowest BCUT2D eigenvalue weighted by Gasteiger charge is -2.33. The van der Waals surface area contributed by atoms with Gasteiger partial charge in [0.2, 0.25) is 5.91 Å². The fraction of sp³-hybridized carbons (Fsp3) is 0.579. The Morgan fingerprint density at radius 1 is 1.27 bits per heavy atom. The second-order valence-corrected chi connectivity index (χ2v) is 8.02. The number of piperidine rings is 1. The lowest BCUT2D eigenvalue weighted by atomic mass is 10.0. The molecule has 1 fully saturated rings. The van der Waals surface area contributed by atoms with Crippen molar-refractivity contribution in [2.24, 2.45) is 0 Å². The largest absolute Gasteiger partial charge is 0.444 e. The van der Waals surface area contributed by atoms with Crippen LogP contribution in [0.4, 0.5) is 4.79 Å². The minimum atomic E-state index is -0.735. The van der Waals surface area contributed by atoms with Crippen LogP contribution in [0.3, 0.4) is 0 Å². The molecular weight excluding hydrogens is 356 g/mol. The van der Waals surface area contributed by atoms with Crippen LogP contribution in [-0.2, 0) is 16.0 Å². The van der Waals surface area contributed by atoms with E-state index in [-0.39, 0.29) is 12.0 Å². The highest BCUT2D eigenvalue weighted by molar-refractivity contribution is 6.30. The van der Waals surface area contributed by atoms with E-state index in [2.05, 4.69) is 5.32 Å². The van der Waals surface area contributed by atoms with E-state index in [0.29, 0.717) is 37.4 Å². The predicted octanol–water partition coefficient (Wildman–Crippen LogP) is 2.76. The lowest BCUT2D eigenvalue weighted by molar-refractivity contribution is -0.135. The van der Waals surface area contributed by atoms with Crippen LogP contribution in [0.2, 0.25) is 5.02 Å². The number of likely N-dealkylation sites (tertiary alicyclic amines) is 1. The number of alkyl carbamates (subject to hydrolysis) is 1. The van der Waals surface area contributed by atoms with Crippen molar-refractivity contribution < 1.29 is 19.4 Å². The lowest BCUT2D eigenvalue weighted by Crippen LogP contribution is -2.52. The Balaban J connectivity index is 2.10. The fourth-order valence-corrected chi connectivity index (χ4v) is 2.94. The molecular formula is C19H27ClN2O4. The van der Waals surface area contributed by atoms with E-state index in [1.807, 2.05) is 12.1 Å². The number of carbonyl (C=O) groups excluding carboxylic acids is 2. The van der Waals surface area contributed by atoms with Crippen LogP contribution in [-0.4, -0.2) is 52.8 Å². The molecule has 1 aliphatic heterocycles. The summed E-state index contributed by atoms with van der Waals surface area (Å²) in [6, 6.07) is 6.44. The molecule has 0 spiro atoms. The summed E-state index contributed by atoms with van der Waals surface area (Å²) in [5.74, 6) is -0.169. The number of nitrogens with one attached hydrogen (secondary N) is 1. The quantitative estimate of drug-likeness (QED) is 0.839. The zero-order valence-corrected chi connectivity index (χ0v) is 16.3. The number of nitrogens with zero attached hydrogens (tertiary/aromatic N) is 1. The molecule has 7 heteroatoms. The smallest absolute Gasteiger partial charge is 0.408 e. The summed E-state index contributed by atoms with van der Waals surface area (Å²) in [5, 5.41) is 13.0. The van der Waals surface area contributed by atoms with Gasteiger partial charge in [0.1, 0.15) is 11.6 Å². The minimum Gasteiger partial charge on any atom is -0.444 e. The number of benzene rings is 1. The molecule has 6 nitrogen and oxygen atoms in total. The van der Waals surface area contributed by atoms with E-state index in [9.17, 15) is 14.7 Å². The third kappa shape index (κ3) is 6.50. The highest BCUT2D eigenvalue weighted by atomic mass is 35.5. The number of hydrogen-bond acceptors (Lipinski definition) is 4. The molecule has 1 saturated heterocycles. The molecule has 26 heavy (non-hydrogen) atoms. The van der Waals surface area contributed by atoms with E-state index < -0.39 is 17.7 Å². The predicted molar refractivity (Wildman–Crippen MR) is 100 cm³/mol. The molecule has 1 aromatic carbocycles. The van der Waals surface area contributed by atoms with Gasteiger partial charge in [-0.2, -0.15) is 0 Å². The highest BCUT2D eigenvalue weighted by Gasteiger charge is 2.30. The van der Waals surface area contributed by atoms with E-state index in [1.54, 1.807) is 37.8 Å². The first-order valence-electron chi connectivity index (χ1n) is 8.85. The van der Waals surface area contributed by atoms with Crippen LogP contribution in [0.5, 0.6) is 0 Å². The molecule has 0 radical (unpaired) electrons. The number of aliphatic hydroxyl groups excluding tert-OH is 1. The van der Waals surface area contributed by atoms with Crippen molar-refractivity contribution in [3.63, 3.8) is 0 Å². The zero-order valence-electron chi connectivity index (χ0n) is 15.5. The second kappa shape index (κ2) is 8.73. The molecule has 1 atom stereocenters. The number of halogens is 1. The number of rotatable bonds is 4. The van der Waals surface area contributed by atoms with Gasteiger partial charge in [-0.3, -0.25) is 4.79 Å². The number of hydrogen-bond donors (Lipinski definition) is 2. The molecule has 1 aromatic rings. The van der Waals surface area contributed by atoms with E-state index in [1.165, 1.54) is 0 Å². The van der Waals surface area contributed by atoms with Gasteiger partial charge in [0.25, 0.3) is 0 Å². The monoisotopic (exact) mass is 382 g/mol. The average molecular weight is 383 g/mol. The van der Waals surface area contributed by atoms with Crippen LogP contribution in [0, 0.1) is 0 Å². The molecule has 2 amide bonds. The van der Waals surface area contributed by atoms with Gasteiger partial charge in [-0.1, -0.05) is 23.7 Å². The summed E-state index contributed by atoms with van der Waals surface area (Å²) < 4.78 is 5.30. The Hall–Kier alpha value is -1.79. The van der Waals surface area contributed by atoms with Gasteiger partial charge in [-0.25, -0.2) is 4.79 Å². The van der Waals surface area contributed by atoms with Crippen LogP contribution >= 0.6 is 11.6 Å². The minimum absolute atomic E-state index is 0.169. The number of aliphatic hydroxyl groups is 1. The first-order valence-corrected chi connectivity index (χ1v) is 9.22. The maximum atomic E-state index is 12.9. The van der Waals surface area contributed by atoms with Crippen LogP contribution in [0.1, 0.15) is 39.2 Å². The van der Waals surface area contributed by atoms with Crippen molar-refractivity contribution in [2.45, 2.75) is 57.8 Å². The number of amides is 2. The van der Waals surface area contributed by atoms with Crippen molar-refractivity contribution in [2.75, 3.05) is 13.1 Å². The van der Waals surface area contributed by atoms with Gasteiger partial charge < -0.3 is 20.1 Å². The Morgan fingerprint density at radius 3 is 2.38 bits per heavy atom. The van der Waals surface area contributed by atoms with Gasteiger partial charge in [0.05, 0.1) is 6.10 Å². The summed E-state index contributed by atoms with van der Waals surface area (Å²) in [6.07, 6.45) is 0.445. The standard InChI is InChI=1S/C19H27ClN2O4/c1-19(2,3)26-18(25)21-16(12-13-4-6-14(20)7-5-13)17(24)22-10-8-15(23)9-11-22/h4-7,15-16,23H,8-12H2,1-3H3,(H,21,25)/t16-/m0/s1. The first-order chi connectivity index (χ1) is 12.1. The Kier molecular flexibility index (Phi) is 6.89. The van der Waals surface area contributed by atoms with Gasteiger partial charge in [-0.15, -0.1) is 0 Å². The molecule has 0 aliphatic carbocycles. The summed E-state index contributed by atoms with van der Waals surface area (Å²) in [6.45, 7) is 6.28. The van der Waals surface area contributed by atoms with Gasteiger partial charge in [-0.05, 0) is 51.3 Å². The molecule has 1 aliphatic rings. The van der Waals surface area contributed by atoms with E-state index in [4.69, 9.17) is 16.3 Å². The summed E-state index contributed by atoms with van der Waals surface area (Å²) in [5.41, 5.74) is 0.244. The van der Waals surface area contributed by atoms with Crippen LogP contribution in [0.15, 0.2) is 24.3 Å². The summed E-state index contributed by atoms with van der Waals surface area (Å²) in [4.78, 5) is 26.8. The summed E-state index contributed by atoms with van der Waals surface area (Å²) >= 11 is 5.91. The topological polar surface area (TPSA) is 78.9 Å². The Morgan fingerprint density at radius 2 is 1.85 bits per heavy atom. The zero-order chi connectivity index (χ0) is 19.3. The molecule has 144 valence electrons. The van der Waals surface area contributed by atoms with Crippen LogP contribution in [0.25, 0.3) is 0 Å². The Bertz CT molecular complexity index is 619. The fourth-order valence-electron chi connectivity index (χ4n) is 2.81. The molecule has 0 bridgehead atoms. The maximum absolute atomic E-state index is 12.9. The number of ether oxygens (including phenoxy) is 1. The third-order valence-electron chi connectivity index (χ3n) is 4.12. The highest BCUT2D eigenvalue weighted by Crippen LogP contribution is 2.16. The summed E-state index contributed by atoms with van der Waals surface area (Å²) in [7, 11) is 0. The second-order valence-electron chi connectivity index (χ2n) is 7.59. The van der Waals surface area contributed by atoms with Crippen molar-refractivity contribution in [1.82, 2.24) is 10.2 Å². The normalized spacial score (nSPS) is 16.9. The van der Waals surface area contributed by atoms with Crippen molar-refractivity contribution in [1.29, 1.82) is 0 Å². The van der Waals surface area contributed by atoms with Crippen molar-refractivity contribution >= 4 is 23.6 Å². The first kappa shape index (κ1) is 20.5. The van der Waals surface area contributed by atoms with Crippen LogP contribution < -0.4 is 5.32 Å². The molecule has 0 saturated carbocycles. The Labute approximate surface area is 159 Å². The third-order valence-corrected chi connectivity index (χ3v) is 4.37. The van der Waals surface area contributed by atoms with E-state index >= 15 is 0 Å². The van der Waals surface area contributed by atoms with Crippen molar-refractivity contribution in [3.8, 4) is 0 Å². The van der Waals surface area contributed by atoms with Crippen molar-refractivity contribution in [3.05, 3.63) is 34.9 Å². The van der Waals surface area contributed by atoms with E-state index in [0.717, 1.165) is 5.56 Å². The SMILES string of the molecule is CC(C)(C)OC(=O)N[C@@H](Cc1ccc(Cl)cc1)C(=O)N1CCC(O)CC1. The molecule has 0 unspecified atom stereocenters. The van der Waals surface area contributed by atoms with Gasteiger partial charge >= 0.3 is 6.09 Å². The number of carbonyl (C=O) groups is 2. The molecule has 0 aromatic heterocycles. The molecule has 2 rings (SSSR count). The van der Waals surface area contributed by atoms with Gasteiger partial charge in [0.15, 0.2) is 0 Å². The average Bonchev–Trinajstić information content (AvgIpc) is 2.54. The maximum Gasteiger partial charge on any atom is 0.408 e. The van der Waals surface area contributed by atoms with Gasteiger partial charge in [0, 0.05) is 24.5 Å².